The van der Waals surface area contributed by atoms with Crippen LogP contribution in [0.3, 0.4) is 0 Å². The van der Waals surface area contributed by atoms with E-state index in [4.69, 9.17) is 15.8 Å². The van der Waals surface area contributed by atoms with Gasteiger partial charge >= 0.3 is 0 Å². The molecular formula is C25H30N8O. The molecule has 4 aliphatic rings. The molecule has 9 nitrogen and oxygen atoms in total. The first-order valence-electron chi connectivity index (χ1n) is 12.1. The third-order valence-corrected chi connectivity index (χ3v) is 7.14. The van der Waals surface area contributed by atoms with Crippen molar-refractivity contribution in [3.63, 3.8) is 0 Å². The summed E-state index contributed by atoms with van der Waals surface area (Å²) in [4.78, 5) is 27.2. The minimum absolute atomic E-state index is 0.00214. The highest BCUT2D eigenvalue weighted by molar-refractivity contribution is 5.94. The van der Waals surface area contributed by atoms with Gasteiger partial charge in [0.1, 0.15) is 17.7 Å². The van der Waals surface area contributed by atoms with Crippen molar-refractivity contribution < 1.29 is 4.79 Å². The highest BCUT2D eigenvalue weighted by Gasteiger charge is 2.33. The topological polar surface area (TPSA) is 104 Å². The normalized spacial score (nSPS) is 26.4. The number of fused-ring (bicyclic) bond motifs is 2. The first kappa shape index (κ1) is 21.1. The van der Waals surface area contributed by atoms with E-state index in [2.05, 4.69) is 22.1 Å². The number of nitrogens with zero attached hydrogens (tertiary/aromatic N) is 6. The second-order valence-electron chi connectivity index (χ2n) is 9.58. The molecule has 2 fully saturated rings. The van der Waals surface area contributed by atoms with Gasteiger partial charge in [-0.2, -0.15) is 5.10 Å². The summed E-state index contributed by atoms with van der Waals surface area (Å²) in [5.41, 5.74) is 10.5. The molecule has 176 valence electrons. The van der Waals surface area contributed by atoms with Crippen molar-refractivity contribution in [3.8, 4) is 0 Å². The van der Waals surface area contributed by atoms with Crippen molar-refractivity contribution in [1.82, 2.24) is 24.8 Å². The molecule has 0 spiro atoms. The number of hydrogen-bond donors (Lipinski definition) is 2. The van der Waals surface area contributed by atoms with Crippen molar-refractivity contribution in [2.75, 3.05) is 24.5 Å². The fraction of sp³-hybridized carbons (Fsp3) is 0.440. The quantitative estimate of drug-likeness (QED) is 0.729. The fourth-order valence-electron chi connectivity index (χ4n) is 5.36. The van der Waals surface area contributed by atoms with E-state index in [1.165, 1.54) is 0 Å². The van der Waals surface area contributed by atoms with E-state index >= 15 is 0 Å². The summed E-state index contributed by atoms with van der Waals surface area (Å²) in [7, 11) is 0. The Morgan fingerprint density at radius 3 is 2.97 bits per heavy atom. The Hall–Kier alpha value is -3.46. The van der Waals surface area contributed by atoms with Gasteiger partial charge in [-0.3, -0.25) is 9.79 Å². The number of likely N-dealkylation sites (tertiary alicyclic amines) is 1. The van der Waals surface area contributed by atoms with Crippen LogP contribution in [0.15, 0.2) is 52.8 Å². The zero-order valence-electron chi connectivity index (χ0n) is 19.4. The predicted octanol–water partition coefficient (Wildman–Crippen LogP) is 2.01. The summed E-state index contributed by atoms with van der Waals surface area (Å²) in [5, 5.41) is 8.16. The molecule has 3 N–H and O–H groups in total. The second kappa shape index (κ2) is 8.39. The van der Waals surface area contributed by atoms with E-state index < -0.39 is 0 Å². The fourth-order valence-corrected chi connectivity index (χ4v) is 5.36. The van der Waals surface area contributed by atoms with Gasteiger partial charge < -0.3 is 20.9 Å². The van der Waals surface area contributed by atoms with Crippen molar-refractivity contribution in [2.45, 2.75) is 50.9 Å². The van der Waals surface area contributed by atoms with E-state index in [0.717, 1.165) is 67.1 Å². The van der Waals surface area contributed by atoms with Crippen LogP contribution in [0.4, 0.5) is 5.82 Å². The van der Waals surface area contributed by atoms with Crippen LogP contribution in [-0.4, -0.2) is 63.5 Å². The zero-order chi connectivity index (χ0) is 23.2. The third kappa shape index (κ3) is 3.69. The van der Waals surface area contributed by atoms with E-state index in [9.17, 15) is 4.79 Å². The lowest BCUT2D eigenvalue weighted by Crippen LogP contribution is -2.44. The van der Waals surface area contributed by atoms with Gasteiger partial charge in [0, 0.05) is 49.7 Å². The Bertz CT molecular complexity index is 1260. The molecular weight excluding hydrogens is 428 g/mol. The maximum atomic E-state index is 13.6. The average Bonchev–Trinajstić information content (AvgIpc) is 3.48. The van der Waals surface area contributed by atoms with Gasteiger partial charge in [0.2, 0.25) is 0 Å². The zero-order valence-corrected chi connectivity index (χ0v) is 19.4. The average molecular weight is 459 g/mol. The monoisotopic (exact) mass is 458 g/mol. The van der Waals surface area contributed by atoms with Crippen molar-refractivity contribution in [3.05, 3.63) is 59.1 Å². The Morgan fingerprint density at radius 1 is 1.21 bits per heavy atom. The summed E-state index contributed by atoms with van der Waals surface area (Å²) in [6.45, 7) is 4.53. The Labute approximate surface area is 198 Å². The number of anilines is 1. The maximum Gasteiger partial charge on any atom is 0.270 e. The number of carbonyl (C=O) groups excluding carboxylic acids is 1. The lowest BCUT2D eigenvalue weighted by atomic mass is 9.98. The second-order valence-corrected chi connectivity index (χ2v) is 9.58. The van der Waals surface area contributed by atoms with Crippen LogP contribution in [0.1, 0.15) is 43.0 Å². The van der Waals surface area contributed by atoms with E-state index in [0.29, 0.717) is 12.2 Å². The van der Waals surface area contributed by atoms with Gasteiger partial charge in [0.25, 0.3) is 5.91 Å². The van der Waals surface area contributed by atoms with Gasteiger partial charge in [-0.15, -0.1) is 0 Å². The molecule has 0 aromatic carbocycles. The molecule has 6 rings (SSSR count). The minimum Gasteiger partial charge on any atom is -0.356 e. The maximum absolute atomic E-state index is 13.6. The predicted molar refractivity (Wildman–Crippen MR) is 132 cm³/mol. The Kier molecular flexibility index (Phi) is 5.21. The number of aliphatic imine (C=N–C) groups is 1. The summed E-state index contributed by atoms with van der Waals surface area (Å²) >= 11 is 0. The standard InChI is InChI=1S/C25H30N8O/c1-16-14-33-22(29-24(16)31-12-9-18(26)15-31)13-20(30-33)21-6-2-3-11-32(21)25(34)19-8-7-17-5-4-10-27-23(17)28-19/h4-5,7-8,10,13-14,18,21,23,28H,2-3,6,9,11-12,15,26H2,1H3/t18-,21-,23?/m0/s1. The van der Waals surface area contributed by atoms with Crippen LogP contribution in [-0.2, 0) is 4.79 Å². The number of nitrogens with one attached hydrogen (secondary N) is 1. The van der Waals surface area contributed by atoms with Crippen LogP contribution >= 0.6 is 0 Å². The molecule has 2 saturated heterocycles. The molecule has 1 unspecified atom stereocenters. The summed E-state index contributed by atoms with van der Waals surface area (Å²) in [6.07, 6.45) is 15.3. The van der Waals surface area contributed by atoms with E-state index in [1.807, 2.05) is 46.0 Å². The Morgan fingerprint density at radius 2 is 2.12 bits per heavy atom. The first-order valence-corrected chi connectivity index (χ1v) is 12.1. The van der Waals surface area contributed by atoms with Crippen LogP contribution in [0.5, 0.6) is 0 Å². The molecule has 0 radical (unpaired) electrons. The van der Waals surface area contributed by atoms with Gasteiger partial charge in [0.15, 0.2) is 5.65 Å². The van der Waals surface area contributed by atoms with Gasteiger partial charge in [-0.05, 0) is 50.3 Å². The smallest absolute Gasteiger partial charge is 0.270 e. The highest BCUT2D eigenvalue weighted by Crippen LogP contribution is 2.33. The number of hydrogen-bond acceptors (Lipinski definition) is 7. The molecule has 0 bridgehead atoms. The number of rotatable bonds is 3. The third-order valence-electron chi connectivity index (χ3n) is 7.14. The van der Waals surface area contributed by atoms with Crippen LogP contribution in [0, 0.1) is 6.92 Å². The van der Waals surface area contributed by atoms with Gasteiger partial charge in [-0.25, -0.2) is 9.50 Å². The number of amides is 1. The van der Waals surface area contributed by atoms with Crippen LogP contribution < -0.4 is 16.0 Å². The van der Waals surface area contributed by atoms with Gasteiger partial charge in [-0.1, -0.05) is 12.2 Å². The lowest BCUT2D eigenvalue weighted by molar-refractivity contribution is -0.131. The highest BCUT2D eigenvalue weighted by atomic mass is 16.2. The molecule has 0 saturated carbocycles. The molecule has 0 aliphatic carbocycles. The van der Waals surface area contributed by atoms with Crippen molar-refractivity contribution in [1.29, 1.82) is 0 Å². The summed E-state index contributed by atoms with van der Waals surface area (Å²) in [5.74, 6) is 0.974. The van der Waals surface area contributed by atoms with E-state index in [1.54, 1.807) is 6.21 Å². The Balaban J connectivity index is 1.29. The largest absolute Gasteiger partial charge is 0.356 e. The molecule has 6 heterocycles. The summed E-state index contributed by atoms with van der Waals surface area (Å²) < 4.78 is 1.84. The lowest BCUT2D eigenvalue weighted by Gasteiger charge is -2.36. The van der Waals surface area contributed by atoms with E-state index in [-0.39, 0.29) is 24.2 Å². The number of aromatic nitrogens is 3. The van der Waals surface area contributed by atoms with Crippen LogP contribution in [0.2, 0.25) is 0 Å². The number of carbonyl (C=O) groups is 1. The minimum atomic E-state index is -0.198. The summed E-state index contributed by atoms with van der Waals surface area (Å²) in [6, 6.07) is 2.16. The molecule has 34 heavy (non-hydrogen) atoms. The molecule has 2 aromatic heterocycles. The number of dihydropyridines is 2. The molecule has 9 heteroatoms. The van der Waals surface area contributed by atoms with Crippen LogP contribution in [0.25, 0.3) is 5.65 Å². The number of aryl methyl sites for hydroxylation is 1. The molecule has 4 aliphatic heterocycles. The molecule has 3 atom stereocenters. The number of allylic oxidation sites excluding steroid dienone is 3. The SMILES string of the molecule is Cc1cn2nc([C@@H]3CCCCN3C(=O)C3=CC=C4C=CC=NC4N3)cc2nc1N1CC[C@H](N)C1. The first-order chi connectivity index (χ1) is 16.6. The number of nitrogens with two attached hydrogens (primary N) is 1. The van der Waals surface area contributed by atoms with Gasteiger partial charge in [0.05, 0.1) is 11.7 Å². The molecule has 1 amide bonds. The number of piperidine rings is 1. The molecule has 2 aromatic rings. The van der Waals surface area contributed by atoms with Crippen molar-refractivity contribution in [2.24, 2.45) is 10.7 Å². The van der Waals surface area contributed by atoms with Crippen molar-refractivity contribution >= 4 is 23.6 Å².